The van der Waals surface area contributed by atoms with Crippen LogP contribution in [0.5, 0.6) is 0 Å². The van der Waals surface area contributed by atoms with Gasteiger partial charge in [-0.3, -0.25) is 14.5 Å². The average molecular weight is 305 g/mol. The van der Waals surface area contributed by atoms with Crippen LogP contribution in [0.4, 0.5) is 5.13 Å². The van der Waals surface area contributed by atoms with E-state index in [9.17, 15) is 4.79 Å². The van der Waals surface area contributed by atoms with Gasteiger partial charge in [-0.25, -0.2) is 4.98 Å². The van der Waals surface area contributed by atoms with Crippen molar-refractivity contribution in [2.24, 2.45) is 0 Å². The highest BCUT2D eigenvalue weighted by Crippen LogP contribution is 2.20. The van der Waals surface area contributed by atoms with Gasteiger partial charge in [-0.15, -0.1) is 11.3 Å². The van der Waals surface area contributed by atoms with Crippen molar-refractivity contribution in [1.82, 2.24) is 10.5 Å². The zero-order chi connectivity index (χ0) is 15.1. The molecule has 0 aliphatic heterocycles. The fourth-order valence-corrected chi connectivity index (χ4v) is 2.76. The van der Waals surface area contributed by atoms with Gasteiger partial charge in [0.2, 0.25) is 5.91 Å². The molecule has 1 aromatic heterocycles. The van der Waals surface area contributed by atoms with Crippen LogP contribution in [-0.2, 0) is 22.8 Å². The summed E-state index contributed by atoms with van der Waals surface area (Å²) in [5.41, 5.74) is 4.86. The normalized spacial score (nSPS) is 10.6. The summed E-state index contributed by atoms with van der Waals surface area (Å²) in [7, 11) is 0. The summed E-state index contributed by atoms with van der Waals surface area (Å²) in [4.78, 5) is 22.9. The van der Waals surface area contributed by atoms with Gasteiger partial charge in [-0.2, -0.15) is 5.48 Å². The van der Waals surface area contributed by atoms with Gasteiger partial charge < -0.3 is 0 Å². The minimum atomic E-state index is 0.00619. The molecular weight excluding hydrogens is 286 g/mol. The Balaban J connectivity index is 1.79. The van der Waals surface area contributed by atoms with E-state index in [1.54, 1.807) is 11.8 Å². The number of amides is 1. The van der Waals surface area contributed by atoms with E-state index in [-0.39, 0.29) is 5.91 Å². The molecule has 0 fully saturated rings. The van der Waals surface area contributed by atoms with Gasteiger partial charge in [0.1, 0.15) is 0 Å². The summed E-state index contributed by atoms with van der Waals surface area (Å²) in [6.45, 7) is 5.13. The predicted molar refractivity (Wildman–Crippen MR) is 83.9 cm³/mol. The number of benzene rings is 1. The Morgan fingerprint density at radius 3 is 2.81 bits per heavy atom. The van der Waals surface area contributed by atoms with Crippen LogP contribution in [0, 0.1) is 0 Å². The first-order valence-corrected chi connectivity index (χ1v) is 7.69. The molecular formula is C15H19N3O2S. The Morgan fingerprint density at radius 1 is 1.38 bits per heavy atom. The molecule has 0 atom stereocenters. The first-order valence-electron chi connectivity index (χ1n) is 6.81. The zero-order valence-corrected chi connectivity index (χ0v) is 13.0. The number of hydroxylamine groups is 1. The third kappa shape index (κ3) is 4.63. The Bertz CT molecular complexity index is 571. The maximum absolute atomic E-state index is 11.5. The van der Waals surface area contributed by atoms with Crippen LogP contribution in [-0.4, -0.2) is 17.4 Å². The molecule has 0 spiro atoms. The minimum absolute atomic E-state index is 0.00619. The van der Waals surface area contributed by atoms with Crippen LogP contribution in [0.1, 0.15) is 25.1 Å². The standard InChI is InChI=1S/C15H19N3O2S/c1-3-18(12(2)19)15-17-14(11-21-15)9-16-20-10-13-7-5-4-6-8-13/h4-8,11,16H,3,9-10H2,1-2H3. The van der Waals surface area contributed by atoms with Gasteiger partial charge in [0.25, 0.3) is 0 Å². The Morgan fingerprint density at radius 2 is 2.14 bits per heavy atom. The number of nitrogens with zero attached hydrogens (tertiary/aromatic N) is 2. The molecule has 0 unspecified atom stereocenters. The molecule has 0 aliphatic rings. The molecule has 0 bridgehead atoms. The van der Waals surface area contributed by atoms with Gasteiger partial charge in [0.05, 0.1) is 18.8 Å². The number of hydrogen-bond acceptors (Lipinski definition) is 5. The van der Waals surface area contributed by atoms with Gasteiger partial charge in [-0.05, 0) is 12.5 Å². The van der Waals surface area contributed by atoms with Crippen molar-refractivity contribution in [2.45, 2.75) is 27.0 Å². The molecule has 5 nitrogen and oxygen atoms in total. The predicted octanol–water partition coefficient (Wildman–Crippen LogP) is 2.74. The first-order chi connectivity index (χ1) is 10.2. The number of nitrogens with one attached hydrogen (secondary N) is 1. The van der Waals surface area contributed by atoms with E-state index in [4.69, 9.17) is 4.84 Å². The lowest BCUT2D eigenvalue weighted by molar-refractivity contribution is -0.116. The van der Waals surface area contributed by atoms with E-state index in [2.05, 4.69) is 10.5 Å². The molecule has 0 radical (unpaired) electrons. The Hall–Kier alpha value is -1.76. The second-order valence-electron chi connectivity index (χ2n) is 4.48. The van der Waals surface area contributed by atoms with Crippen LogP contribution in [0.15, 0.2) is 35.7 Å². The van der Waals surface area contributed by atoms with E-state index < -0.39 is 0 Å². The summed E-state index contributed by atoms with van der Waals surface area (Å²) >= 11 is 1.46. The molecule has 6 heteroatoms. The van der Waals surface area contributed by atoms with Crippen molar-refractivity contribution in [1.29, 1.82) is 0 Å². The number of rotatable bonds is 7. The van der Waals surface area contributed by atoms with E-state index in [0.717, 1.165) is 16.4 Å². The highest BCUT2D eigenvalue weighted by molar-refractivity contribution is 7.14. The van der Waals surface area contributed by atoms with Crippen LogP contribution in [0.2, 0.25) is 0 Å². The molecule has 0 saturated heterocycles. The van der Waals surface area contributed by atoms with Crippen LogP contribution in [0.25, 0.3) is 0 Å². The molecule has 2 aromatic rings. The van der Waals surface area contributed by atoms with Crippen LogP contribution < -0.4 is 10.4 Å². The van der Waals surface area contributed by atoms with Gasteiger partial charge in [0, 0.05) is 18.8 Å². The fourth-order valence-electron chi connectivity index (χ4n) is 1.83. The number of thiazole rings is 1. The second-order valence-corrected chi connectivity index (χ2v) is 5.32. The van der Waals surface area contributed by atoms with Crippen LogP contribution >= 0.6 is 11.3 Å². The van der Waals surface area contributed by atoms with Crippen molar-refractivity contribution in [2.75, 3.05) is 11.4 Å². The average Bonchev–Trinajstić information content (AvgIpc) is 2.94. The smallest absolute Gasteiger partial charge is 0.225 e. The third-order valence-electron chi connectivity index (χ3n) is 2.90. The van der Waals surface area contributed by atoms with Crippen molar-refractivity contribution in [3.63, 3.8) is 0 Å². The molecule has 1 amide bonds. The zero-order valence-electron chi connectivity index (χ0n) is 12.2. The summed E-state index contributed by atoms with van der Waals surface area (Å²) in [5.74, 6) is 0.00619. The van der Waals surface area contributed by atoms with E-state index >= 15 is 0 Å². The van der Waals surface area contributed by atoms with Gasteiger partial charge in [0.15, 0.2) is 5.13 Å². The van der Waals surface area contributed by atoms with Gasteiger partial charge in [-0.1, -0.05) is 30.3 Å². The number of hydrogen-bond donors (Lipinski definition) is 1. The second kappa shape index (κ2) is 7.87. The first kappa shape index (κ1) is 15.6. The SMILES string of the molecule is CCN(C(C)=O)c1nc(CNOCc2ccccc2)cs1. The minimum Gasteiger partial charge on any atom is -0.297 e. The molecule has 0 saturated carbocycles. The molecule has 112 valence electrons. The summed E-state index contributed by atoms with van der Waals surface area (Å²) < 4.78 is 0. The Labute approximate surface area is 128 Å². The van der Waals surface area contributed by atoms with E-state index in [1.807, 2.05) is 42.6 Å². The van der Waals surface area contributed by atoms with Crippen molar-refractivity contribution < 1.29 is 9.63 Å². The molecule has 1 aromatic carbocycles. The molecule has 0 aliphatic carbocycles. The number of anilines is 1. The molecule has 2 rings (SSSR count). The van der Waals surface area contributed by atoms with Crippen molar-refractivity contribution in [3.05, 3.63) is 47.0 Å². The lowest BCUT2D eigenvalue weighted by Crippen LogP contribution is -2.27. The fraction of sp³-hybridized carbons (Fsp3) is 0.333. The number of aromatic nitrogens is 1. The molecule has 1 heterocycles. The Kier molecular flexibility index (Phi) is 5.86. The van der Waals surface area contributed by atoms with Gasteiger partial charge >= 0.3 is 0 Å². The van der Waals surface area contributed by atoms with Crippen molar-refractivity contribution >= 4 is 22.4 Å². The number of carbonyl (C=O) groups is 1. The van der Waals surface area contributed by atoms with Crippen LogP contribution in [0.3, 0.4) is 0 Å². The summed E-state index contributed by atoms with van der Waals surface area (Å²) in [5, 5.41) is 2.66. The van der Waals surface area contributed by atoms with Crippen molar-refractivity contribution in [3.8, 4) is 0 Å². The van der Waals surface area contributed by atoms with E-state index in [1.165, 1.54) is 11.3 Å². The third-order valence-corrected chi connectivity index (χ3v) is 3.82. The lowest BCUT2D eigenvalue weighted by atomic mass is 10.2. The number of carbonyl (C=O) groups excluding carboxylic acids is 1. The summed E-state index contributed by atoms with van der Waals surface area (Å²) in [6, 6.07) is 9.95. The largest absolute Gasteiger partial charge is 0.297 e. The lowest BCUT2D eigenvalue weighted by Gasteiger charge is -2.14. The highest BCUT2D eigenvalue weighted by Gasteiger charge is 2.13. The quantitative estimate of drug-likeness (QED) is 0.631. The van der Waals surface area contributed by atoms with E-state index in [0.29, 0.717) is 19.7 Å². The topological polar surface area (TPSA) is 54.5 Å². The summed E-state index contributed by atoms with van der Waals surface area (Å²) in [6.07, 6.45) is 0. The monoisotopic (exact) mass is 305 g/mol. The maximum Gasteiger partial charge on any atom is 0.225 e. The molecule has 21 heavy (non-hydrogen) atoms. The molecule has 1 N–H and O–H groups in total. The maximum atomic E-state index is 11.5. The highest BCUT2D eigenvalue weighted by atomic mass is 32.1.